The van der Waals surface area contributed by atoms with Crippen molar-refractivity contribution in [2.45, 2.75) is 42.9 Å². The lowest BCUT2D eigenvalue weighted by atomic mass is 9.95. The number of aliphatic hydroxyl groups is 4. The minimum atomic E-state index is -1.34. The number of ether oxygens (including phenoxy) is 4. The molecule has 9 nitrogen and oxygen atoms in total. The predicted octanol–water partition coefficient (Wildman–Crippen LogP) is -1.34. The Bertz CT molecular complexity index is 595. The van der Waals surface area contributed by atoms with Crippen molar-refractivity contribution in [3.8, 4) is 11.5 Å². The lowest BCUT2D eigenvalue weighted by Crippen LogP contribution is -2.63. The summed E-state index contributed by atoms with van der Waals surface area (Å²) in [6, 6.07) is 4.54. The number of hydrogen-bond acceptors (Lipinski definition) is 9. The van der Waals surface area contributed by atoms with Crippen LogP contribution in [-0.2, 0) is 14.2 Å². The quantitative estimate of drug-likeness (QED) is 0.442. The molecule has 5 N–H and O–H groups in total. The molecule has 0 bridgehead atoms. The first-order valence-electron chi connectivity index (χ1n) is 7.91. The van der Waals surface area contributed by atoms with Gasteiger partial charge in [-0.15, -0.1) is 0 Å². The number of methoxy groups -OCH3 is 1. The van der Waals surface area contributed by atoms with Gasteiger partial charge < -0.3 is 44.5 Å². The highest BCUT2D eigenvalue weighted by molar-refractivity contribution is 5.42. The van der Waals surface area contributed by atoms with Crippen molar-refractivity contribution in [1.29, 1.82) is 0 Å². The van der Waals surface area contributed by atoms with Gasteiger partial charge in [0.2, 0.25) is 0 Å². The summed E-state index contributed by atoms with van der Waals surface area (Å²) in [7, 11) is 1.40. The molecule has 0 aliphatic carbocycles. The Labute approximate surface area is 143 Å². The number of phenolic OH excluding ortho intramolecular Hbond substituents is 1. The van der Waals surface area contributed by atoms with Crippen LogP contribution in [0.4, 0.5) is 0 Å². The Hall–Kier alpha value is -1.46. The molecule has 3 rings (SSSR count). The zero-order valence-corrected chi connectivity index (χ0v) is 13.6. The first kappa shape index (κ1) is 18.3. The van der Waals surface area contributed by atoms with Crippen LogP contribution in [-0.4, -0.2) is 82.7 Å². The van der Waals surface area contributed by atoms with Gasteiger partial charge in [-0.2, -0.15) is 0 Å². The van der Waals surface area contributed by atoms with Gasteiger partial charge in [0, 0.05) is 0 Å². The molecular weight excluding hydrogens is 336 g/mol. The average Bonchev–Trinajstić information content (AvgIpc) is 2.64. The van der Waals surface area contributed by atoms with E-state index in [9.17, 15) is 25.5 Å². The number of fused-ring (bicyclic) bond motifs is 1. The molecule has 0 radical (unpaired) electrons. The van der Waals surface area contributed by atoms with Crippen molar-refractivity contribution in [3.63, 3.8) is 0 Å². The van der Waals surface area contributed by atoms with Crippen LogP contribution in [0.2, 0.25) is 0 Å². The van der Waals surface area contributed by atoms with E-state index in [4.69, 9.17) is 18.9 Å². The SMILES string of the molecule is COc1cc(C2O[C@H]3[C@H](OC2CO)O[C@H](CO)[C@@H](O)[C@@H]3O)ccc1O. The summed E-state index contributed by atoms with van der Waals surface area (Å²) < 4.78 is 22.0. The van der Waals surface area contributed by atoms with Crippen molar-refractivity contribution in [3.05, 3.63) is 23.8 Å². The summed E-state index contributed by atoms with van der Waals surface area (Å²) >= 11 is 0. The lowest BCUT2D eigenvalue weighted by molar-refractivity contribution is -0.371. The van der Waals surface area contributed by atoms with E-state index < -0.39 is 49.5 Å². The highest BCUT2D eigenvalue weighted by atomic mass is 16.7. The third-order valence-electron chi connectivity index (χ3n) is 4.49. The Morgan fingerprint density at radius 1 is 1.00 bits per heavy atom. The molecule has 7 atom stereocenters. The van der Waals surface area contributed by atoms with Crippen molar-refractivity contribution in [2.24, 2.45) is 0 Å². The molecule has 2 aliphatic heterocycles. The Kier molecular flexibility index (Phi) is 5.44. The Morgan fingerprint density at radius 2 is 1.68 bits per heavy atom. The van der Waals surface area contributed by atoms with Crippen LogP contribution in [0.15, 0.2) is 18.2 Å². The van der Waals surface area contributed by atoms with Crippen LogP contribution in [0.25, 0.3) is 0 Å². The first-order valence-corrected chi connectivity index (χ1v) is 7.91. The molecule has 0 amide bonds. The van der Waals surface area contributed by atoms with E-state index in [1.807, 2.05) is 0 Å². The Morgan fingerprint density at radius 3 is 2.32 bits per heavy atom. The van der Waals surface area contributed by atoms with Crippen LogP contribution < -0.4 is 4.74 Å². The first-order chi connectivity index (χ1) is 12.0. The van der Waals surface area contributed by atoms with Crippen LogP contribution in [0.3, 0.4) is 0 Å². The molecule has 1 aromatic rings. The molecule has 2 saturated heterocycles. The maximum absolute atomic E-state index is 10.3. The summed E-state index contributed by atoms with van der Waals surface area (Å²) in [5.74, 6) is 0.171. The summed E-state index contributed by atoms with van der Waals surface area (Å²) in [6.45, 7) is -0.879. The van der Waals surface area contributed by atoms with Crippen LogP contribution in [0.5, 0.6) is 11.5 Å². The largest absolute Gasteiger partial charge is 0.504 e. The molecular formula is C16H22O9. The highest BCUT2D eigenvalue weighted by Gasteiger charge is 2.51. The van der Waals surface area contributed by atoms with E-state index >= 15 is 0 Å². The third-order valence-corrected chi connectivity index (χ3v) is 4.49. The smallest absolute Gasteiger partial charge is 0.187 e. The van der Waals surface area contributed by atoms with E-state index in [2.05, 4.69) is 0 Å². The van der Waals surface area contributed by atoms with Gasteiger partial charge in [0.1, 0.15) is 36.6 Å². The van der Waals surface area contributed by atoms with E-state index in [1.54, 1.807) is 6.07 Å². The van der Waals surface area contributed by atoms with Crippen LogP contribution in [0.1, 0.15) is 11.7 Å². The number of hydrogen-bond donors (Lipinski definition) is 5. The fraction of sp³-hybridized carbons (Fsp3) is 0.625. The van der Waals surface area contributed by atoms with Crippen molar-refractivity contribution in [2.75, 3.05) is 20.3 Å². The summed E-state index contributed by atoms with van der Waals surface area (Å²) in [4.78, 5) is 0. The summed E-state index contributed by atoms with van der Waals surface area (Å²) in [6.07, 6.45) is -7.32. The molecule has 25 heavy (non-hydrogen) atoms. The van der Waals surface area contributed by atoms with Crippen LogP contribution >= 0.6 is 0 Å². The minimum Gasteiger partial charge on any atom is -0.504 e. The van der Waals surface area contributed by atoms with Crippen molar-refractivity contribution in [1.82, 2.24) is 0 Å². The molecule has 2 unspecified atom stereocenters. The minimum absolute atomic E-state index is 0.0522. The highest BCUT2D eigenvalue weighted by Crippen LogP contribution is 2.39. The monoisotopic (exact) mass is 358 g/mol. The summed E-state index contributed by atoms with van der Waals surface area (Å²) in [5.41, 5.74) is 0.554. The molecule has 2 aliphatic rings. The second kappa shape index (κ2) is 7.42. The van der Waals surface area contributed by atoms with E-state index in [0.29, 0.717) is 5.56 Å². The maximum atomic E-state index is 10.3. The zero-order valence-electron chi connectivity index (χ0n) is 13.6. The molecule has 0 aromatic heterocycles. The number of rotatable bonds is 4. The average molecular weight is 358 g/mol. The number of benzene rings is 1. The molecule has 0 spiro atoms. The predicted molar refractivity (Wildman–Crippen MR) is 82.0 cm³/mol. The molecule has 9 heteroatoms. The molecule has 2 heterocycles. The van der Waals surface area contributed by atoms with Gasteiger partial charge in [-0.05, 0) is 17.7 Å². The van der Waals surface area contributed by atoms with E-state index in [-0.39, 0.29) is 18.1 Å². The number of phenols is 1. The molecule has 2 fully saturated rings. The van der Waals surface area contributed by atoms with Gasteiger partial charge in [0.25, 0.3) is 0 Å². The van der Waals surface area contributed by atoms with Crippen molar-refractivity contribution >= 4 is 0 Å². The van der Waals surface area contributed by atoms with Gasteiger partial charge in [0.15, 0.2) is 17.8 Å². The maximum Gasteiger partial charge on any atom is 0.187 e. The lowest BCUT2D eigenvalue weighted by Gasteiger charge is -2.48. The second-order valence-corrected chi connectivity index (χ2v) is 6.02. The number of aliphatic hydroxyl groups excluding tert-OH is 4. The Balaban J connectivity index is 1.87. The number of aromatic hydroxyl groups is 1. The normalized spacial score (nSPS) is 38.2. The third kappa shape index (κ3) is 3.32. The van der Waals surface area contributed by atoms with E-state index in [0.717, 1.165) is 0 Å². The molecule has 1 aromatic carbocycles. The van der Waals surface area contributed by atoms with E-state index in [1.165, 1.54) is 19.2 Å². The molecule has 0 saturated carbocycles. The zero-order chi connectivity index (χ0) is 18.1. The van der Waals surface area contributed by atoms with Crippen LogP contribution in [0, 0.1) is 0 Å². The van der Waals surface area contributed by atoms with Gasteiger partial charge in [0.05, 0.1) is 20.3 Å². The van der Waals surface area contributed by atoms with Gasteiger partial charge >= 0.3 is 0 Å². The fourth-order valence-electron chi connectivity index (χ4n) is 3.11. The summed E-state index contributed by atoms with van der Waals surface area (Å²) in [5, 5.41) is 48.8. The topological polar surface area (TPSA) is 138 Å². The molecule has 140 valence electrons. The van der Waals surface area contributed by atoms with Gasteiger partial charge in [-0.1, -0.05) is 6.07 Å². The standard InChI is InChI=1S/C16H22O9/c1-22-9-4-7(2-3-8(9)19)14-11(6-18)24-16-15(25-14)13(21)12(20)10(5-17)23-16/h2-4,10-21H,5-6H2,1H3/t10-,11?,12-,13+,14?,15-,16+/m1/s1. The second-order valence-electron chi connectivity index (χ2n) is 6.02. The van der Waals surface area contributed by atoms with Crippen molar-refractivity contribution < 1.29 is 44.5 Å². The fourth-order valence-corrected chi connectivity index (χ4v) is 3.11. The van der Waals surface area contributed by atoms with Gasteiger partial charge in [-0.25, -0.2) is 0 Å². The van der Waals surface area contributed by atoms with Gasteiger partial charge in [-0.3, -0.25) is 0 Å².